The number of nitrogens with one attached hydrogen (secondary N) is 1. The van der Waals surface area contributed by atoms with Crippen LogP contribution in [0, 0.1) is 0 Å². The van der Waals surface area contributed by atoms with Crippen molar-refractivity contribution in [2.24, 2.45) is 0 Å². The van der Waals surface area contributed by atoms with Gasteiger partial charge in [-0.1, -0.05) is 6.07 Å². The van der Waals surface area contributed by atoms with E-state index in [9.17, 15) is 13.2 Å². The number of thiophene rings is 1. The number of ether oxygens (including phenoxy) is 1. The molecule has 1 heterocycles. The summed E-state index contributed by atoms with van der Waals surface area (Å²) in [6.45, 7) is 0.373. The molecule has 1 amide bonds. The summed E-state index contributed by atoms with van der Waals surface area (Å²) in [4.78, 5) is 12.5. The van der Waals surface area contributed by atoms with Crippen LogP contribution in [0.5, 0.6) is 5.75 Å². The van der Waals surface area contributed by atoms with E-state index in [1.807, 2.05) is 5.38 Å². The van der Waals surface area contributed by atoms with Gasteiger partial charge in [0.05, 0.1) is 30.5 Å². The van der Waals surface area contributed by atoms with Crippen molar-refractivity contribution in [3.8, 4) is 5.75 Å². The summed E-state index contributed by atoms with van der Waals surface area (Å²) < 4.78 is 30.3. The van der Waals surface area contributed by atoms with Crippen molar-refractivity contribution in [3.63, 3.8) is 0 Å². The number of carbonyl (C=O) groups is 1. The standard InChI is InChI=1S/C15H18N2O4S2/c1-21-13-7-5-12(6-8-13)17(23(2,19)20)10-9-16-15(18)14-4-3-11-22-14/h3-8,11H,9-10H2,1-2H3,(H,16,18). The third-order valence-corrected chi connectivity index (χ3v) is 5.17. The fourth-order valence-electron chi connectivity index (χ4n) is 2.00. The minimum atomic E-state index is -3.45. The van der Waals surface area contributed by atoms with Crippen LogP contribution in [-0.2, 0) is 10.0 Å². The van der Waals surface area contributed by atoms with Crippen LogP contribution >= 0.6 is 11.3 Å². The van der Waals surface area contributed by atoms with Crippen molar-refractivity contribution < 1.29 is 17.9 Å². The first-order chi connectivity index (χ1) is 10.9. The zero-order valence-corrected chi connectivity index (χ0v) is 14.5. The molecule has 2 aromatic rings. The second-order valence-electron chi connectivity index (χ2n) is 4.77. The number of hydrogen-bond donors (Lipinski definition) is 1. The lowest BCUT2D eigenvalue weighted by Gasteiger charge is -2.22. The van der Waals surface area contributed by atoms with E-state index in [1.54, 1.807) is 43.5 Å². The van der Waals surface area contributed by atoms with Crippen LogP contribution in [-0.4, -0.2) is 40.8 Å². The van der Waals surface area contributed by atoms with Gasteiger partial charge in [0.25, 0.3) is 5.91 Å². The van der Waals surface area contributed by atoms with Gasteiger partial charge in [0.2, 0.25) is 10.0 Å². The predicted molar refractivity (Wildman–Crippen MR) is 91.8 cm³/mol. The zero-order valence-electron chi connectivity index (χ0n) is 12.9. The van der Waals surface area contributed by atoms with Crippen LogP contribution in [0.3, 0.4) is 0 Å². The second kappa shape index (κ2) is 7.47. The van der Waals surface area contributed by atoms with E-state index in [4.69, 9.17) is 4.74 Å². The molecule has 0 bridgehead atoms. The summed E-state index contributed by atoms with van der Waals surface area (Å²) >= 11 is 1.34. The lowest BCUT2D eigenvalue weighted by molar-refractivity contribution is 0.0959. The van der Waals surface area contributed by atoms with Gasteiger partial charge in [0, 0.05) is 6.54 Å². The highest BCUT2D eigenvalue weighted by Gasteiger charge is 2.17. The third kappa shape index (κ3) is 4.70. The van der Waals surface area contributed by atoms with E-state index in [0.29, 0.717) is 16.3 Å². The lowest BCUT2D eigenvalue weighted by atomic mass is 10.3. The van der Waals surface area contributed by atoms with Gasteiger partial charge in [-0.2, -0.15) is 0 Å². The molecule has 0 unspecified atom stereocenters. The SMILES string of the molecule is COc1ccc(N(CCNC(=O)c2cccs2)S(C)(=O)=O)cc1. The maximum absolute atomic E-state index is 12.0. The van der Waals surface area contributed by atoms with Gasteiger partial charge in [0.15, 0.2) is 0 Å². The Morgan fingerprint density at radius 2 is 1.96 bits per heavy atom. The Balaban J connectivity index is 2.03. The van der Waals surface area contributed by atoms with Crippen LogP contribution in [0.25, 0.3) is 0 Å². The number of nitrogens with zero attached hydrogens (tertiary/aromatic N) is 1. The molecule has 0 radical (unpaired) electrons. The normalized spacial score (nSPS) is 11.0. The number of sulfonamides is 1. The first-order valence-corrected chi connectivity index (χ1v) is 9.58. The monoisotopic (exact) mass is 354 g/mol. The molecular formula is C15H18N2O4S2. The minimum Gasteiger partial charge on any atom is -0.497 e. The maximum Gasteiger partial charge on any atom is 0.261 e. The van der Waals surface area contributed by atoms with E-state index in [1.165, 1.54) is 15.6 Å². The molecule has 0 aliphatic rings. The Kier molecular flexibility index (Phi) is 5.62. The Hall–Kier alpha value is -2.06. The number of rotatable bonds is 7. The molecule has 1 N–H and O–H groups in total. The van der Waals surface area contributed by atoms with Gasteiger partial charge in [-0.3, -0.25) is 9.10 Å². The van der Waals surface area contributed by atoms with Gasteiger partial charge < -0.3 is 10.1 Å². The third-order valence-electron chi connectivity index (χ3n) is 3.11. The molecule has 8 heteroatoms. The van der Waals surface area contributed by atoms with Crippen LogP contribution in [0.15, 0.2) is 41.8 Å². The fraction of sp³-hybridized carbons (Fsp3) is 0.267. The molecule has 1 aromatic heterocycles. The highest BCUT2D eigenvalue weighted by Crippen LogP contribution is 2.21. The summed E-state index contributed by atoms with van der Waals surface area (Å²) in [5, 5.41) is 4.54. The van der Waals surface area contributed by atoms with Crippen LogP contribution in [0.4, 0.5) is 5.69 Å². The highest BCUT2D eigenvalue weighted by molar-refractivity contribution is 7.92. The first kappa shape index (κ1) is 17.3. The van der Waals surface area contributed by atoms with Gasteiger partial charge in [-0.05, 0) is 35.7 Å². The van der Waals surface area contributed by atoms with Gasteiger partial charge >= 0.3 is 0 Å². The van der Waals surface area contributed by atoms with Crippen molar-refractivity contribution in [2.75, 3.05) is 30.8 Å². The topological polar surface area (TPSA) is 75.7 Å². The van der Waals surface area contributed by atoms with Crippen molar-refractivity contribution >= 4 is 33.0 Å². The number of benzene rings is 1. The highest BCUT2D eigenvalue weighted by atomic mass is 32.2. The molecule has 0 aliphatic carbocycles. The maximum atomic E-state index is 12.0. The molecule has 0 fully saturated rings. The number of hydrogen-bond acceptors (Lipinski definition) is 5. The predicted octanol–water partition coefficient (Wildman–Crippen LogP) is 1.95. The van der Waals surface area contributed by atoms with Crippen LogP contribution in [0.2, 0.25) is 0 Å². The Bertz CT molecular complexity index is 740. The number of anilines is 1. The zero-order chi connectivity index (χ0) is 16.9. The van der Waals surface area contributed by atoms with E-state index in [2.05, 4.69) is 5.32 Å². The lowest BCUT2D eigenvalue weighted by Crippen LogP contribution is -2.38. The Morgan fingerprint density at radius 1 is 1.26 bits per heavy atom. The van der Waals surface area contributed by atoms with E-state index in [0.717, 1.165) is 6.26 Å². The summed E-state index contributed by atoms with van der Waals surface area (Å²) in [5.74, 6) is 0.441. The minimum absolute atomic E-state index is 0.155. The molecule has 23 heavy (non-hydrogen) atoms. The molecule has 124 valence electrons. The van der Waals surface area contributed by atoms with E-state index in [-0.39, 0.29) is 19.0 Å². The Morgan fingerprint density at radius 3 is 2.48 bits per heavy atom. The number of carbonyl (C=O) groups excluding carboxylic acids is 1. The molecule has 2 rings (SSSR count). The second-order valence-corrected chi connectivity index (χ2v) is 7.62. The summed E-state index contributed by atoms with van der Waals surface area (Å²) in [6, 6.07) is 10.2. The molecule has 6 nitrogen and oxygen atoms in total. The van der Waals surface area contributed by atoms with Crippen molar-refractivity contribution in [1.82, 2.24) is 5.32 Å². The number of amides is 1. The van der Waals surface area contributed by atoms with Gasteiger partial charge in [0.1, 0.15) is 5.75 Å². The number of methoxy groups -OCH3 is 1. The molecule has 1 aromatic carbocycles. The summed E-state index contributed by atoms with van der Waals surface area (Å²) in [6.07, 6.45) is 1.14. The van der Waals surface area contributed by atoms with E-state index < -0.39 is 10.0 Å². The van der Waals surface area contributed by atoms with Crippen molar-refractivity contribution in [1.29, 1.82) is 0 Å². The van der Waals surface area contributed by atoms with Gasteiger partial charge in [-0.15, -0.1) is 11.3 Å². The Labute approximate surface area is 139 Å². The van der Waals surface area contributed by atoms with Gasteiger partial charge in [-0.25, -0.2) is 8.42 Å². The van der Waals surface area contributed by atoms with Crippen LogP contribution in [0.1, 0.15) is 9.67 Å². The largest absolute Gasteiger partial charge is 0.497 e. The molecule has 0 atom stereocenters. The molecule has 0 spiro atoms. The molecule has 0 saturated heterocycles. The average Bonchev–Trinajstić information content (AvgIpc) is 3.05. The van der Waals surface area contributed by atoms with Crippen molar-refractivity contribution in [3.05, 3.63) is 46.7 Å². The molecular weight excluding hydrogens is 336 g/mol. The summed E-state index contributed by atoms with van der Waals surface area (Å²) in [5.41, 5.74) is 0.527. The average molecular weight is 354 g/mol. The molecule has 0 aliphatic heterocycles. The fourth-order valence-corrected chi connectivity index (χ4v) is 3.57. The van der Waals surface area contributed by atoms with E-state index >= 15 is 0 Å². The van der Waals surface area contributed by atoms with Crippen LogP contribution < -0.4 is 14.4 Å². The smallest absolute Gasteiger partial charge is 0.261 e. The van der Waals surface area contributed by atoms with Crippen molar-refractivity contribution in [2.45, 2.75) is 0 Å². The summed E-state index contributed by atoms with van der Waals surface area (Å²) in [7, 11) is -1.90. The molecule has 0 saturated carbocycles. The quantitative estimate of drug-likeness (QED) is 0.825. The first-order valence-electron chi connectivity index (χ1n) is 6.85.